The van der Waals surface area contributed by atoms with Gasteiger partial charge in [-0.05, 0) is 36.8 Å². The molecule has 0 unspecified atom stereocenters. The minimum absolute atomic E-state index is 0.585. The molecule has 0 saturated heterocycles. The van der Waals surface area contributed by atoms with Crippen molar-refractivity contribution in [3.63, 3.8) is 0 Å². The van der Waals surface area contributed by atoms with Crippen molar-refractivity contribution in [3.8, 4) is 11.5 Å². The van der Waals surface area contributed by atoms with Crippen LogP contribution >= 0.6 is 11.6 Å². The van der Waals surface area contributed by atoms with E-state index in [1.807, 2.05) is 19.1 Å². The lowest BCUT2D eigenvalue weighted by atomic mass is 10.1. The fraction of sp³-hybridized carbons (Fsp3) is 0.176. The molecule has 0 bridgehead atoms. The van der Waals surface area contributed by atoms with Crippen LogP contribution < -0.4 is 0 Å². The van der Waals surface area contributed by atoms with Crippen LogP contribution in [0.2, 0.25) is 5.02 Å². The summed E-state index contributed by atoms with van der Waals surface area (Å²) in [6, 6.07) is 3.59. The number of hydrogen-bond donors (Lipinski definition) is 1. The quantitative estimate of drug-likeness (QED) is 0.638. The molecule has 0 fully saturated rings. The number of nitrogens with zero attached hydrogens (tertiary/aromatic N) is 2. The minimum Gasteiger partial charge on any atom is -0.501 e. The number of aryl methyl sites for hydroxylation is 1. The second kappa shape index (κ2) is 7.65. The van der Waals surface area contributed by atoms with Gasteiger partial charge in [0.05, 0.1) is 24.9 Å². The van der Waals surface area contributed by atoms with Crippen LogP contribution in [0.15, 0.2) is 49.1 Å². The summed E-state index contributed by atoms with van der Waals surface area (Å²) in [6.07, 6.45) is 6.67. The molecule has 23 heavy (non-hydrogen) atoms. The average Bonchev–Trinajstić information content (AvgIpc) is 2.93. The monoisotopic (exact) mass is 331 g/mol. The number of rotatable bonds is 6. The van der Waals surface area contributed by atoms with Crippen molar-refractivity contribution in [3.05, 3.63) is 65.5 Å². The largest absolute Gasteiger partial charge is 0.501 e. The van der Waals surface area contributed by atoms with E-state index in [2.05, 4.69) is 21.5 Å². The van der Waals surface area contributed by atoms with Gasteiger partial charge in [-0.25, -0.2) is 4.98 Å². The third-order valence-electron chi connectivity index (χ3n) is 3.08. The summed E-state index contributed by atoms with van der Waals surface area (Å²) in [5.74, 6) is 1.25. The van der Waals surface area contributed by atoms with E-state index in [0.717, 1.165) is 22.7 Å². The summed E-state index contributed by atoms with van der Waals surface area (Å²) in [6.45, 7) is 5.97. The maximum Gasteiger partial charge on any atom is 0.156 e. The number of pyridine rings is 1. The van der Waals surface area contributed by atoms with E-state index in [0.29, 0.717) is 16.6 Å². The molecule has 0 aliphatic rings. The first-order valence-corrected chi connectivity index (χ1v) is 7.25. The molecule has 5 nitrogen and oxygen atoms in total. The Morgan fingerprint density at radius 1 is 1.30 bits per heavy atom. The second-order valence-corrected chi connectivity index (χ2v) is 5.18. The molecule has 0 aromatic carbocycles. The third-order valence-corrected chi connectivity index (χ3v) is 3.30. The number of aromatic nitrogens is 3. The molecular weight excluding hydrogens is 314 g/mol. The van der Waals surface area contributed by atoms with Crippen LogP contribution in [0.1, 0.15) is 11.4 Å². The van der Waals surface area contributed by atoms with Gasteiger partial charge in [0.15, 0.2) is 11.6 Å². The van der Waals surface area contributed by atoms with Crippen LogP contribution in [0.5, 0.6) is 0 Å². The molecule has 0 saturated carbocycles. The van der Waals surface area contributed by atoms with E-state index in [1.54, 1.807) is 32.6 Å². The van der Waals surface area contributed by atoms with Gasteiger partial charge in [0, 0.05) is 11.9 Å². The molecule has 6 heteroatoms. The van der Waals surface area contributed by atoms with Gasteiger partial charge < -0.3 is 14.5 Å². The number of hydrogen-bond acceptors (Lipinski definition) is 4. The number of H-pyrrole nitrogens is 1. The van der Waals surface area contributed by atoms with Gasteiger partial charge in [-0.1, -0.05) is 18.2 Å². The van der Waals surface area contributed by atoms with E-state index in [4.69, 9.17) is 21.1 Å². The number of allylic oxidation sites excluding steroid dienone is 3. The Hall–Kier alpha value is -2.53. The molecule has 0 aliphatic heterocycles. The highest BCUT2D eigenvalue weighted by Crippen LogP contribution is 2.22. The van der Waals surface area contributed by atoms with E-state index >= 15 is 0 Å². The fourth-order valence-corrected chi connectivity index (χ4v) is 2.06. The highest BCUT2D eigenvalue weighted by molar-refractivity contribution is 6.30. The van der Waals surface area contributed by atoms with Crippen LogP contribution in [-0.2, 0) is 9.47 Å². The van der Waals surface area contributed by atoms with Gasteiger partial charge in [0.25, 0.3) is 0 Å². The molecule has 0 atom stereocenters. The predicted molar refractivity (Wildman–Crippen MR) is 91.8 cm³/mol. The molecule has 2 rings (SSSR count). The Morgan fingerprint density at radius 2 is 2.09 bits per heavy atom. The molecule has 2 aromatic rings. The van der Waals surface area contributed by atoms with Crippen molar-refractivity contribution in [2.24, 2.45) is 0 Å². The zero-order chi connectivity index (χ0) is 16.8. The molecule has 0 spiro atoms. The third kappa shape index (κ3) is 4.23. The maximum atomic E-state index is 5.85. The molecule has 0 radical (unpaired) electrons. The zero-order valence-corrected chi connectivity index (χ0v) is 14.0. The Bertz CT molecular complexity index is 746. The highest BCUT2D eigenvalue weighted by atomic mass is 35.5. The van der Waals surface area contributed by atoms with Crippen LogP contribution in [0.25, 0.3) is 17.1 Å². The lowest BCUT2D eigenvalue weighted by molar-refractivity contribution is 0.261. The lowest BCUT2D eigenvalue weighted by Gasteiger charge is -2.00. The van der Waals surface area contributed by atoms with E-state index in [-0.39, 0.29) is 0 Å². The SMILES string of the molecule is C=C(/C=C\C(=C\OC)OC)c1nc(-c2ccc(Cl)cn2)[nH]c1C. The first-order chi connectivity index (χ1) is 11.0. The molecule has 1 N–H and O–H groups in total. The highest BCUT2D eigenvalue weighted by Gasteiger charge is 2.11. The fourth-order valence-electron chi connectivity index (χ4n) is 1.94. The topological polar surface area (TPSA) is 60.0 Å². The number of nitrogens with one attached hydrogen (secondary N) is 1. The number of methoxy groups -OCH3 is 2. The molecule has 2 heterocycles. The average molecular weight is 332 g/mol. The van der Waals surface area contributed by atoms with Crippen LogP contribution in [0.4, 0.5) is 0 Å². The zero-order valence-electron chi connectivity index (χ0n) is 13.3. The first-order valence-electron chi connectivity index (χ1n) is 6.88. The summed E-state index contributed by atoms with van der Waals surface area (Å²) >= 11 is 5.85. The van der Waals surface area contributed by atoms with Gasteiger partial charge >= 0.3 is 0 Å². The Balaban J connectivity index is 2.24. The summed E-state index contributed by atoms with van der Waals surface area (Å²) in [4.78, 5) is 12.0. The van der Waals surface area contributed by atoms with Crippen molar-refractivity contribution in [1.29, 1.82) is 0 Å². The summed E-state index contributed by atoms with van der Waals surface area (Å²) in [5, 5.41) is 0.585. The Kier molecular flexibility index (Phi) is 5.60. The van der Waals surface area contributed by atoms with E-state index < -0.39 is 0 Å². The second-order valence-electron chi connectivity index (χ2n) is 4.74. The van der Waals surface area contributed by atoms with Crippen molar-refractivity contribution in [1.82, 2.24) is 15.0 Å². The Labute approximate surface area is 140 Å². The van der Waals surface area contributed by atoms with Crippen LogP contribution in [0.3, 0.4) is 0 Å². The molecular formula is C17H18ClN3O2. The van der Waals surface area contributed by atoms with E-state index in [1.165, 1.54) is 6.26 Å². The van der Waals surface area contributed by atoms with E-state index in [9.17, 15) is 0 Å². The predicted octanol–water partition coefficient (Wildman–Crippen LogP) is 4.14. The normalized spacial score (nSPS) is 11.7. The first kappa shape index (κ1) is 16.8. The van der Waals surface area contributed by atoms with Gasteiger partial charge in [-0.15, -0.1) is 0 Å². The number of imidazole rings is 1. The van der Waals surface area contributed by atoms with Gasteiger partial charge in [0.2, 0.25) is 0 Å². The van der Waals surface area contributed by atoms with Crippen molar-refractivity contribution < 1.29 is 9.47 Å². The molecule has 0 amide bonds. The summed E-state index contributed by atoms with van der Waals surface area (Å²) in [5.41, 5.74) is 3.14. The molecule has 2 aromatic heterocycles. The van der Waals surface area contributed by atoms with Gasteiger partial charge in [-0.2, -0.15) is 0 Å². The summed E-state index contributed by atoms with van der Waals surface area (Å²) in [7, 11) is 3.13. The smallest absolute Gasteiger partial charge is 0.156 e. The molecule has 0 aliphatic carbocycles. The number of ether oxygens (including phenoxy) is 2. The number of halogens is 1. The number of aromatic amines is 1. The lowest BCUT2D eigenvalue weighted by Crippen LogP contribution is -1.87. The van der Waals surface area contributed by atoms with Crippen molar-refractivity contribution in [2.45, 2.75) is 6.92 Å². The van der Waals surface area contributed by atoms with Crippen molar-refractivity contribution in [2.75, 3.05) is 14.2 Å². The van der Waals surface area contributed by atoms with Gasteiger partial charge in [0.1, 0.15) is 12.0 Å². The Morgan fingerprint density at radius 3 is 2.70 bits per heavy atom. The maximum absolute atomic E-state index is 5.85. The van der Waals surface area contributed by atoms with Gasteiger partial charge in [-0.3, -0.25) is 4.98 Å². The summed E-state index contributed by atoms with van der Waals surface area (Å²) < 4.78 is 10.1. The van der Waals surface area contributed by atoms with Crippen LogP contribution in [0, 0.1) is 6.92 Å². The molecule has 120 valence electrons. The van der Waals surface area contributed by atoms with Crippen LogP contribution in [-0.4, -0.2) is 29.2 Å². The standard InChI is InChI=1S/C17H18ClN3O2/c1-11(5-7-14(23-4)10-22-3)16-12(2)20-17(21-16)15-8-6-13(18)9-19-15/h5-10H,1H2,2-4H3,(H,20,21)/b7-5-,14-10-. The minimum atomic E-state index is 0.585. The van der Waals surface area contributed by atoms with Crippen molar-refractivity contribution >= 4 is 17.2 Å².